The van der Waals surface area contributed by atoms with E-state index in [1.165, 1.54) is 168 Å². The van der Waals surface area contributed by atoms with E-state index in [9.17, 15) is 0 Å². The van der Waals surface area contributed by atoms with Crippen molar-refractivity contribution in [1.29, 1.82) is 0 Å². The van der Waals surface area contributed by atoms with Crippen molar-refractivity contribution in [2.45, 2.75) is 68.6 Å². The molecule has 3 aliphatic carbocycles. The first-order valence-electron chi connectivity index (χ1n) is 24.1. The van der Waals surface area contributed by atoms with Crippen molar-refractivity contribution in [1.82, 2.24) is 9.13 Å². The van der Waals surface area contributed by atoms with E-state index in [-0.39, 0.29) is 6.71 Å². The van der Waals surface area contributed by atoms with Crippen molar-refractivity contribution in [3.05, 3.63) is 197 Å². The quantitative estimate of drug-likeness (QED) is 0.157. The summed E-state index contributed by atoms with van der Waals surface area (Å²) in [6.07, 6.45) is 10.4. The molecule has 10 aromatic rings. The van der Waals surface area contributed by atoms with Gasteiger partial charge < -0.3 is 9.13 Å². The second-order valence-electron chi connectivity index (χ2n) is 20.0. The molecule has 16 rings (SSSR count). The maximum absolute atomic E-state index is 2.82. The first kappa shape index (κ1) is 34.6. The van der Waals surface area contributed by atoms with E-state index in [2.05, 4.69) is 173 Å². The van der Waals surface area contributed by atoms with Crippen LogP contribution in [0.15, 0.2) is 164 Å². The number of nitrogens with zero attached hydrogens (tertiary/aromatic N) is 2. The summed E-state index contributed by atoms with van der Waals surface area (Å²) in [6.45, 7) is 0.0868. The summed E-state index contributed by atoms with van der Waals surface area (Å²) in [7, 11) is 0. The van der Waals surface area contributed by atoms with Crippen molar-refractivity contribution in [3.8, 4) is 44.9 Å². The van der Waals surface area contributed by atoms with Crippen molar-refractivity contribution in [3.63, 3.8) is 0 Å². The molecule has 0 radical (unpaired) electrons. The van der Waals surface area contributed by atoms with Crippen LogP contribution >= 0.6 is 0 Å². The molecule has 0 bridgehead atoms. The number of para-hydroxylation sites is 1. The SMILES string of the molecule is c1ccc(-c2c(-c3ccccc3)n3c4c(cccc24)B2c4c-3ccc3c4-n4c5c2cc(C2CCCC2)cc5c2cc(C5CCCC5)cc(c24)C32c3ccccc3-c3ccccc32)cc1. The van der Waals surface area contributed by atoms with Gasteiger partial charge in [-0.1, -0.05) is 171 Å². The van der Waals surface area contributed by atoms with Gasteiger partial charge in [-0.05, 0) is 128 Å². The fraction of sp³-hybridized carbons (Fsp3) is 0.180. The third-order valence-corrected chi connectivity index (χ3v) is 17.1. The number of benzene rings is 8. The number of rotatable bonds is 4. The Labute approximate surface area is 373 Å². The second-order valence-corrected chi connectivity index (χ2v) is 20.0. The molecule has 0 amide bonds. The van der Waals surface area contributed by atoms with Crippen molar-refractivity contribution >= 4 is 55.8 Å². The Morgan fingerprint density at radius 1 is 0.438 bits per heavy atom. The molecule has 2 saturated carbocycles. The molecule has 0 N–H and O–H groups in total. The Hall–Kier alpha value is -6.84. The van der Waals surface area contributed by atoms with Crippen LogP contribution < -0.4 is 16.4 Å². The highest BCUT2D eigenvalue weighted by Crippen LogP contribution is 2.62. The Bertz CT molecular complexity index is 3640. The third kappa shape index (κ3) is 4.04. The highest BCUT2D eigenvalue weighted by Gasteiger charge is 2.54. The summed E-state index contributed by atoms with van der Waals surface area (Å²) < 4.78 is 5.51. The number of hydrogen-bond donors (Lipinski definition) is 0. The van der Waals surface area contributed by atoms with Gasteiger partial charge in [0.25, 0.3) is 6.71 Å². The highest BCUT2D eigenvalue weighted by atomic mass is 15.1. The van der Waals surface area contributed by atoms with Gasteiger partial charge in [0.1, 0.15) is 0 Å². The summed E-state index contributed by atoms with van der Waals surface area (Å²) in [5.74, 6) is 1.20. The van der Waals surface area contributed by atoms with Crippen LogP contribution in [-0.4, -0.2) is 15.8 Å². The Morgan fingerprint density at radius 3 is 1.72 bits per heavy atom. The Kier molecular flexibility index (Phi) is 6.62. The minimum atomic E-state index is -0.467. The van der Waals surface area contributed by atoms with Gasteiger partial charge in [0.2, 0.25) is 0 Å². The molecule has 3 heteroatoms. The Balaban J connectivity index is 1.14. The molecule has 2 fully saturated rings. The van der Waals surface area contributed by atoms with Crippen LogP contribution in [0.1, 0.15) is 96.6 Å². The largest absolute Gasteiger partial charge is 0.310 e. The summed E-state index contributed by atoms with van der Waals surface area (Å²) in [5.41, 5.74) is 27.6. The molecule has 0 atom stereocenters. The molecule has 3 aliphatic heterocycles. The lowest BCUT2D eigenvalue weighted by molar-refractivity contribution is 0.710. The van der Waals surface area contributed by atoms with E-state index in [0.29, 0.717) is 11.8 Å². The average Bonchev–Trinajstić information content (AvgIpc) is 4.22. The van der Waals surface area contributed by atoms with Crippen LogP contribution in [0.3, 0.4) is 0 Å². The lowest BCUT2D eigenvalue weighted by Gasteiger charge is -2.44. The van der Waals surface area contributed by atoms with Gasteiger partial charge in [-0.25, -0.2) is 0 Å². The van der Waals surface area contributed by atoms with Gasteiger partial charge in [0.05, 0.1) is 16.6 Å². The van der Waals surface area contributed by atoms with Crippen LogP contribution in [-0.2, 0) is 5.41 Å². The zero-order chi connectivity index (χ0) is 41.4. The molecule has 2 aromatic heterocycles. The number of hydrogen-bond acceptors (Lipinski definition) is 0. The van der Waals surface area contributed by atoms with E-state index in [0.717, 1.165) is 0 Å². The number of fused-ring (bicyclic) bond motifs is 11. The van der Waals surface area contributed by atoms with E-state index < -0.39 is 5.41 Å². The molecule has 64 heavy (non-hydrogen) atoms. The van der Waals surface area contributed by atoms with E-state index in [4.69, 9.17) is 0 Å². The Morgan fingerprint density at radius 2 is 1.03 bits per heavy atom. The first-order valence-corrected chi connectivity index (χ1v) is 24.1. The van der Waals surface area contributed by atoms with Gasteiger partial charge in [-0.15, -0.1) is 0 Å². The lowest BCUT2D eigenvalue weighted by Crippen LogP contribution is -2.60. The molecular formula is C61H45BN2. The van der Waals surface area contributed by atoms with E-state index in [1.807, 2.05) is 0 Å². The fourth-order valence-electron chi connectivity index (χ4n) is 14.7. The maximum Gasteiger partial charge on any atom is 0.252 e. The summed E-state index contributed by atoms with van der Waals surface area (Å²) in [4.78, 5) is 0. The van der Waals surface area contributed by atoms with Gasteiger partial charge in [-0.2, -0.15) is 0 Å². The third-order valence-electron chi connectivity index (χ3n) is 17.1. The zero-order valence-electron chi connectivity index (χ0n) is 35.9. The average molecular weight is 817 g/mol. The van der Waals surface area contributed by atoms with E-state index >= 15 is 0 Å². The van der Waals surface area contributed by atoms with Crippen LogP contribution in [0.2, 0.25) is 0 Å². The van der Waals surface area contributed by atoms with Crippen molar-refractivity contribution in [2.24, 2.45) is 0 Å². The fourth-order valence-corrected chi connectivity index (χ4v) is 14.7. The summed E-state index contributed by atoms with van der Waals surface area (Å²) >= 11 is 0. The van der Waals surface area contributed by atoms with Crippen molar-refractivity contribution in [2.75, 3.05) is 0 Å². The molecule has 8 aromatic carbocycles. The maximum atomic E-state index is 2.82. The monoisotopic (exact) mass is 816 g/mol. The zero-order valence-corrected chi connectivity index (χ0v) is 35.9. The molecule has 1 spiro atoms. The van der Waals surface area contributed by atoms with Crippen LogP contribution in [0.25, 0.3) is 77.6 Å². The lowest BCUT2D eigenvalue weighted by atomic mass is 9.33. The highest BCUT2D eigenvalue weighted by molar-refractivity contribution is 7.00. The summed E-state index contributed by atoms with van der Waals surface area (Å²) in [6, 6.07) is 64.5. The smallest absolute Gasteiger partial charge is 0.252 e. The normalized spacial score (nSPS) is 17.2. The van der Waals surface area contributed by atoms with Crippen molar-refractivity contribution < 1.29 is 0 Å². The molecule has 0 unspecified atom stereocenters. The molecule has 2 nitrogen and oxygen atoms in total. The minimum absolute atomic E-state index is 0.0868. The van der Waals surface area contributed by atoms with Crippen LogP contribution in [0.5, 0.6) is 0 Å². The predicted octanol–water partition coefficient (Wildman–Crippen LogP) is 13.2. The predicted molar refractivity (Wildman–Crippen MR) is 266 cm³/mol. The van der Waals surface area contributed by atoms with E-state index in [1.54, 1.807) is 11.1 Å². The van der Waals surface area contributed by atoms with Gasteiger partial charge in [0.15, 0.2) is 0 Å². The molecule has 0 saturated heterocycles. The standard InChI is InChI=1S/C61H45BN2/c1-3-20-38(21-4-1)54-44-26-15-29-51-58(44)63(56(54)39-22-5-2-6-23-39)53-31-30-49-60-55(53)62(51)52-35-41(37-18-9-10-19-37)33-46-45-32-40(36-16-7-8-17-36)34-50(57(45)64(60)59(46)52)61(49)47-27-13-11-24-42(47)43-25-12-14-28-48(43)61/h1-6,11-15,20-37H,7-10,16-19H2. The minimum Gasteiger partial charge on any atom is -0.310 e. The molecule has 302 valence electrons. The molecular weight excluding hydrogens is 771 g/mol. The molecule has 5 heterocycles. The summed E-state index contributed by atoms with van der Waals surface area (Å²) in [5, 5.41) is 4.27. The van der Waals surface area contributed by atoms with Crippen LogP contribution in [0.4, 0.5) is 0 Å². The van der Waals surface area contributed by atoms with Gasteiger partial charge >= 0.3 is 0 Å². The first-order chi connectivity index (χ1) is 31.8. The molecule has 6 aliphatic rings. The topological polar surface area (TPSA) is 9.86 Å². The van der Waals surface area contributed by atoms with Gasteiger partial charge in [-0.3, -0.25) is 0 Å². The van der Waals surface area contributed by atoms with Crippen LogP contribution in [0, 0.1) is 0 Å². The van der Waals surface area contributed by atoms with Gasteiger partial charge in [0, 0.05) is 44.1 Å². The number of aromatic nitrogens is 2. The second kappa shape index (κ2) is 12.2.